The number of esters is 1. The van der Waals surface area contributed by atoms with Gasteiger partial charge in [0.25, 0.3) is 0 Å². The Morgan fingerprint density at radius 3 is 2.83 bits per heavy atom. The van der Waals surface area contributed by atoms with Crippen molar-refractivity contribution in [2.24, 2.45) is 5.41 Å². The lowest BCUT2D eigenvalue weighted by atomic mass is 9.80. The van der Waals surface area contributed by atoms with E-state index in [0.717, 1.165) is 19.3 Å². The highest BCUT2D eigenvalue weighted by Gasteiger charge is 2.37. The molecule has 3 nitrogen and oxygen atoms in total. The summed E-state index contributed by atoms with van der Waals surface area (Å²) in [6.07, 6.45) is 3.15. The predicted molar refractivity (Wildman–Crippen MR) is 44.6 cm³/mol. The number of rotatable bonds is 4. The Balaban J connectivity index is 2.46. The van der Waals surface area contributed by atoms with Crippen LogP contribution in [0.4, 0.5) is 0 Å². The number of carbonyl (C=O) groups is 1. The van der Waals surface area contributed by atoms with E-state index in [1.54, 1.807) is 0 Å². The molecule has 3 heteroatoms. The first-order chi connectivity index (χ1) is 5.72. The van der Waals surface area contributed by atoms with Crippen LogP contribution in [0.5, 0.6) is 0 Å². The molecule has 0 spiro atoms. The maximum atomic E-state index is 10.9. The standard InChI is InChI=1S/C9H16O3/c1-2-9(4-3-5-10)6-8(11)12-7-9/h10H,2-7H2,1H3/t9-/m0/s1. The van der Waals surface area contributed by atoms with Gasteiger partial charge in [0, 0.05) is 12.0 Å². The summed E-state index contributed by atoms with van der Waals surface area (Å²) >= 11 is 0. The molecule has 1 N–H and O–H groups in total. The van der Waals surface area contributed by atoms with E-state index < -0.39 is 0 Å². The van der Waals surface area contributed by atoms with Crippen LogP contribution in [0.3, 0.4) is 0 Å². The van der Waals surface area contributed by atoms with E-state index in [-0.39, 0.29) is 18.0 Å². The molecule has 1 fully saturated rings. The van der Waals surface area contributed by atoms with Crippen LogP contribution >= 0.6 is 0 Å². The largest absolute Gasteiger partial charge is 0.465 e. The zero-order valence-corrected chi connectivity index (χ0v) is 7.51. The monoisotopic (exact) mass is 172 g/mol. The summed E-state index contributed by atoms with van der Waals surface area (Å²) in [7, 11) is 0. The van der Waals surface area contributed by atoms with E-state index in [4.69, 9.17) is 9.84 Å². The van der Waals surface area contributed by atoms with Gasteiger partial charge in [0.05, 0.1) is 13.0 Å². The van der Waals surface area contributed by atoms with Crippen molar-refractivity contribution >= 4 is 5.97 Å². The summed E-state index contributed by atoms with van der Waals surface area (Å²) in [5.41, 5.74) is 0.0276. The van der Waals surface area contributed by atoms with Crippen molar-refractivity contribution in [3.8, 4) is 0 Å². The molecule has 0 aromatic carbocycles. The van der Waals surface area contributed by atoms with Gasteiger partial charge in [-0.2, -0.15) is 0 Å². The van der Waals surface area contributed by atoms with Gasteiger partial charge >= 0.3 is 5.97 Å². The van der Waals surface area contributed by atoms with Gasteiger partial charge < -0.3 is 9.84 Å². The minimum Gasteiger partial charge on any atom is -0.465 e. The quantitative estimate of drug-likeness (QED) is 0.646. The Morgan fingerprint density at radius 1 is 1.67 bits per heavy atom. The van der Waals surface area contributed by atoms with Crippen molar-refractivity contribution in [2.75, 3.05) is 13.2 Å². The van der Waals surface area contributed by atoms with Gasteiger partial charge in [-0.3, -0.25) is 4.79 Å². The predicted octanol–water partition coefficient (Wildman–Crippen LogP) is 1.10. The molecule has 0 aliphatic carbocycles. The molecule has 1 heterocycles. The molecule has 0 saturated carbocycles. The molecule has 0 unspecified atom stereocenters. The molecule has 1 atom stereocenters. The van der Waals surface area contributed by atoms with Crippen molar-refractivity contribution in [2.45, 2.75) is 32.6 Å². The molecule has 1 aliphatic heterocycles. The zero-order chi connectivity index (χ0) is 9.03. The summed E-state index contributed by atoms with van der Waals surface area (Å²) in [4.78, 5) is 10.9. The normalized spacial score (nSPS) is 29.0. The Kier molecular flexibility index (Phi) is 3.09. The molecule has 70 valence electrons. The van der Waals surface area contributed by atoms with Gasteiger partial charge in [-0.15, -0.1) is 0 Å². The summed E-state index contributed by atoms with van der Waals surface area (Å²) in [5.74, 6) is -0.0882. The first-order valence-corrected chi connectivity index (χ1v) is 4.49. The third-order valence-corrected chi connectivity index (χ3v) is 2.67. The second-order valence-corrected chi connectivity index (χ2v) is 3.52. The van der Waals surface area contributed by atoms with Crippen LogP contribution in [0, 0.1) is 5.41 Å². The van der Waals surface area contributed by atoms with Gasteiger partial charge in [-0.25, -0.2) is 0 Å². The summed E-state index contributed by atoms with van der Waals surface area (Å²) in [5, 5.41) is 8.68. The molecule has 0 amide bonds. The van der Waals surface area contributed by atoms with Crippen molar-refractivity contribution in [1.82, 2.24) is 0 Å². The highest BCUT2D eigenvalue weighted by atomic mass is 16.5. The lowest BCUT2D eigenvalue weighted by Crippen LogP contribution is -2.20. The van der Waals surface area contributed by atoms with Crippen LogP contribution in [0.25, 0.3) is 0 Å². The number of ether oxygens (including phenoxy) is 1. The molecule has 1 rings (SSSR count). The fourth-order valence-corrected chi connectivity index (χ4v) is 1.66. The fraction of sp³-hybridized carbons (Fsp3) is 0.889. The van der Waals surface area contributed by atoms with Crippen molar-refractivity contribution < 1.29 is 14.6 Å². The minimum atomic E-state index is -0.0882. The lowest BCUT2D eigenvalue weighted by Gasteiger charge is -2.22. The molecule has 0 aromatic rings. The minimum absolute atomic E-state index is 0.0276. The summed E-state index contributed by atoms with van der Waals surface area (Å²) < 4.78 is 4.94. The fourth-order valence-electron chi connectivity index (χ4n) is 1.66. The highest BCUT2D eigenvalue weighted by molar-refractivity contribution is 5.72. The smallest absolute Gasteiger partial charge is 0.306 e. The van der Waals surface area contributed by atoms with E-state index in [1.165, 1.54) is 0 Å². The van der Waals surface area contributed by atoms with Crippen molar-refractivity contribution in [3.63, 3.8) is 0 Å². The average Bonchev–Trinajstić information content (AvgIpc) is 2.45. The lowest BCUT2D eigenvalue weighted by molar-refractivity contribution is -0.137. The van der Waals surface area contributed by atoms with Crippen LogP contribution in [-0.4, -0.2) is 24.3 Å². The molecule has 1 saturated heterocycles. The number of hydrogen-bond donors (Lipinski definition) is 1. The van der Waals surface area contributed by atoms with Gasteiger partial charge in [0.15, 0.2) is 0 Å². The number of carbonyl (C=O) groups excluding carboxylic acids is 1. The molecule has 0 bridgehead atoms. The number of aliphatic hydroxyl groups excluding tert-OH is 1. The van der Waals surface area contributed by atoms with E-state index in [1.807, 2.05) is 0 Å². The van der Waals surface area contributed by atoms with Gasteiger partial charge in [0.2, 0.25) is 0 Å². The molecule has 1 aliphatic rings. The third-order valence-electron chi connectivity index (χ3n) is 2.67. The first-order valence-electron chi connectivity index (χ1n) is 4.49. The van der Waals surface area contributed by atoms with Crippen molar-refractivity contribution in [1.29, 1.82) is 0 Å². The van der Waals surface area contributed by atoms with E-state index in [2.05, 4.69) is 6.92 Å². The van der Waals surface area contributed by atoms with Gasteiger partial charge in [-0.1, -0.05) is 6.92 Å². The Morgan fingerprint density at radius 2 is 2.42 bits per heavy atom. The van der Waals surface area contributed by atoms with E-state index >= 15 is 0 Å². The second-order valence-electron chi connectivity index (χ2n) is 3.52. The maximum absolute atomic E-state index is 10.9. The summed E-state index contributed by atoms with van der Waals surface area (Å²) in [6.45, 7) is 2.82. The molecular formula is C9H16O3. The van der Waals surface area contributed by atoms with Crippen LogP contribution < -0.4 is 0 Å². The number of cyclic esters (lactones) is 1. The number of aliphatic hydroxyl groups is 1. The second kappa shape index (κ2) is 3.90. The van der Waals surface area contributed by atoms with E-state index in [0.29, 0.717) is 13.0 Å². The Bertz CT molecular complexity index is 167. The van der Waals surface area contributed by atoms with Crippen LogP contribution in [-0.2, 0) is 9.53 Å². The zero-order valence-electron chi connectivity index (χ0n) is 7.51. The summed E-state index contributed by atoms with van der Waals surface area (Å²) in [6, 6.07) is 0. The van der Waals surface area contributed by atoms with Gasteiger partial charge in [-0.05, 0) is 19.3 Å². The van der Waals surface area contributed by atoms with Gasteiger partial charge in [0.1, 0.15) is 0 Å². The molecule has 0 radical (unpaired) electrons. The topological polar surface area (TPSA) is 46.5 Å². The highest BCUT2D eigenvalue weighted by Crippen LogP contribution is 2.37. The first kappa shape index (κ1) is 9.52. The third kappa shape index (κ3) is 1.97. The Hall–Kier alpha value is -0.570. The Labute approximate surface area is 72.7 Å². The van der Waals surface area contributed by atoms with Crippen LogP contribution in [0.15, 0.2) is 0 Å². The molecule has 0 aromatic heterocycles. The van der Waals surface area contributed by atoms with E-state index in [9.17, 15) is 4.79 Å². The average molecular weight is 172 g/mol. The van der Waals surface area contributed by atoms with Crippen LogP contribution in [0.1, 0.15) is 32.6 Å². The maximum Gasteiger partial charge on any atom is 0.306 e. The molecular weight excluding hydrogens is 156 g/mol. The SMILES string of the molecule is CC[C@@]1(CCCO)COC(=O)C1. The van der Waals surface area contributed by atoms with Crippen LogP contribution in [0.2, 0.25) is 0 Å². The number of hydrogen-bond acceptors (Lipinski definition) is 3. The molecule has 12 heavy (non-hydrogen) atoms. The van der Waals surface area contributed by atoms with Crippen molar-refractivity contribution in [3.05, 3.63) is 0 Å².